The standard InChI is InChI=1S/C13H13ClOS/c1-8-3-4-10(5-12(8)14)13(15)11-7-16-6-9(11)2/h3-7,13,15H,1-2H3. The third-order valence-corrected chi connectivity index (χ3v) is 3.99. The van der Waals surface area contributed by atoms with Gasteiger partial charge in [-0.05, 0) is 52.9 Å². The fourth-order valence-electron chi connectivity index (χ4n) is 1.61. The second kappa shape index (κ2) is 4.58. The lowest BCUT2D eigenvalue weighted by molar-refractivity contribution is 0.220. The molecule has 0 spiro atoms. The second-order valence-corrected chi connectivity index (χ2v) is 5.07. The van der Waals surface area contributed by atoms with Crippen LogP contribution >= 0.6 is 22.9 Å². The van der Waals surface area contributed by atoms with Gasteiger partial charge in [-0.3, -0.25) is 0 Å². The Morgan fingerprint density at radius 3 is 2.50 bits per heavy atom. The van der Waals surface area contributed by atoms with Gasteiger partial charge in [0.25, 0.3) is 0 Å². The summed E-state index contributed by atoms with van der Waals surface area (Å²) in [6.45, 7) is 3.96. The third-order valence-electron chi connectivity index (χ3n) is 2.70. The fourth-order valence-corrected chi connectivity index (χ4v) is 2.67. The van der Waals surface area contributed by atoms with Crippen molar-refractivity contribution in [1.29, 1.82) is 0 Å². The van der Waals surface area contributed by atoms with E-state index in [0.717, 1.165) is 22.3 Å². The molecule has 0 fully saturated rings. The Morgan fingerprint density at radius 2 is 1.94 bits per heavy atom. The first-order valence-electron chi connectivity index (χ1n) is 5.06. The molecule has 2 aromatic rings. The number of rotatable bonds is 2. The first-order chi connectivity index (χ1) is 7.59. The summed E-state index contributed by atoms with van der Waals surface area (Å²) in [5.74, 6) is 0. The highest BCUT2D eigenvalue weighted by molar-refractivity contribution is 7.08. The van der Waals surface area contributed by atoms with Crippen molar-refractivity contribution in [3.8, 4) is 0 Å². The van der Waals surface area contributed by atoms with Crippen molar-refractivity contribution in [2.45, 2.75) is 20.0 Å². The molecular weight excluding hydrogens is 240 g/mol. The van der Waals surface area contributed by atoms with Crippen molar-refractivity contribution < 1.29 is 5.11 Å². The second-order valence-electron chi connectivity index (χ2n) is 3.92. The van der Waals surface area contributed by atoms with Crippen molar-refractivity contribution >= 4 is 22.9 Å². The van der Waals surface area contributed by atoms with Gasteiger partial charge >= 0.3 is 0 Å². The molecule has 0 aliphatic carbocycles. The van der Waals surface area contributed by atoms with Gasteiger partial charge in [-0.25, -0.2) is 0 Å². The smallest absolute Gasteiger partial charge is 0.105 e. The van der Waals surface area contributed by atoms with Crippen molar-refractivity contribution in [2.75, 3.05) is 0 Å². The highest BCUT2D eigenvalue weighted by Crippen LogP contribution is 2.29. The Balaban J connectivity index is 2.38. The predicted octanol–water partition coefficient (Wildman–Crippen LogP) is 4.10. The van der Waals surface area contributed by atoms with Gasteiger partial charge in [0.1, 0.15) is 6.10 Å². The van der Waals surface area contributed by atoms with E-state index in [9.17, 15) is 5.11 Å². The summed E-state index contributed by atoms with van der Waals surface area (Å²) in [4.78, 5) is 0. The Hall–Kier alpha value is -0.830. The van der Waals surface area contributed by atoms with Crippen LogP contribution in [0.4, 0.5) is 0 Å². The van der Waals surface area contributed by atoms with E-state index in [2.05, 4.69) is 0 Å². The molecule has 1 heterocycles. The highest BCUT2D eigenvalue weighted by atomic mass is 35.5. The predicted molar refractivity (Wildman–Crippen MR) is 69.3 cm³/mol. The zero-order valence-electron chi connectivity index (χ0n) is 9.20. The lowest BCUT2D eigenvalue weighted by atomic mass is 10.0. The maximum Gasteiger partial charge on any atom is 0.105 e. The number of hydrogen-bond donors (Lipinski definition) is 1. The van der Waals surface area contributed by atoms with Crippen LogP contribution in [0.3, 0.4) is 0 Å². The van der Waals surface area contributed by atoms with Crippen LogP contribution in [0.25, 0.3) is 0 Å². The van der Waals surface area contributed by atoms with Gasteiger partial charge in [0.15, 0.2) is 0 Å². The van der Waals surface area contributed by atoms with Crippen LogP contribution in [0, 0.1) is 13.8 Å². The average molecular weight is 253 g/mol. The van der Waals surface area contributed by atoms with E-state index in [1.54, 1.807) is 11.3 Å². The van der Waals surface area contributed by atoms with Crippen molar-refractivity contribution in [3.63, 3.8) is 0 Å². The lowest BCUT2D eigenvalue weighted by Gasteiger charge is -2.12. The van der Waals surface area contributed by atoms with Gasteiger partial charge in [0, 0.05) is 5.02 Å². The maximum absolute atomic E-state index is 10.2. The van der Waals surface area contributed by atoms with Crippen LogP contribution in [-0.4, -0.2) is 5.11 Å². The maximum atomic E-state index is 10.2. The number of halogens is 1. The third kappa shape index (κ3) is 2.14. The van der Waals surface area contributed by atoms with Crippen LogP contribution < -0.4 is 0 Å². The Morgan fingerprint density at radius 1 is 1.19 bits per heavy atom. The highest BCUT2D eigenvalue weighted by Gasteiger charge is 2.14. The van der Waals surface area contributed by atoms with Gasteiger partial charge in [-0.15, -0.1) is 0 Å². The minimum Gasteiger partial charge on any atom is -0.384 e. The summed E-state index contributed by atoms with van der Waals surface area (Å²) in [5.41, 5.74) is 3.95. The molecule has 84 valence electrons. The van der Waals surface area contributed by atoms with Gasteiger partial charge in [-0.1, -0.05) is 23.7 Å². The molecule has 1 aromatic carbocycles. The Labute approximate surface area is 104 Å². The summed E-state index contributed by atoms with van der Waals surface area (Å²) in [6, 6.07) is 5.68. The molecule has 3 heteroatoms. The van der Waals surface area contributed by atoms with E-state index in [0.29, 0.717) is 5.02 Å². The molecule has 0 saturated carbocycles. The molecule has 0 aliphatic heterocycles. The minimum absolute atomic E-state index is 0.579. The average Bonchev–Trinajstić information content (AvgIpc) is 2.67. The van der Waals surface area contributed by atoms with Crippen molar-refractivity contribution in [1.82, 2.24) is 0 Å². The molecule has 2 rings (SSSR count). The first kappa shape index (κ1) is 11.6. The Kier molecular flexibility index (Phi) is 3.33. The summed E-state index contributed by atoms with van der Waals surface area (Å²) >= 11 is 7.65. The van der Waals surface area contributed by atoms with Crippen molar-refractivity contribution in [3.05, 3.63) is 56.2 Å². The lowest BCUT2D eigenvalue weighted by Crippen LogP contribution is -1.99. The SMILES string of the molecule is Cc1ccc(C(O)c2cscc2C)cc1Cl. The van der Waals surface area contributed by atoms with E-state index in [-0.39, 0.29) is 0 Å². The van der Waals surface area contributed by atoms with Crippen molar-refractivity contribution in [2.24, 2.45) is 0 Å². The van der Waals surface area contributed by atoms with Gasteiger partial charge in [-0.2, -0.15) is 11.3 Å². The van der Waals surface area contributed by atoms with Gasteiger partial charge < -0.3 is 5.11 Å². The number of aliphatic hydroxyl groups excluding tert-OH is 1. The monoisotopic (exact) mass is 252 g/mol. The van der Waals surface area contributed by atoms with Crippen LogP contribution in [-0.2, 0) is 0 Å². The summed E-state index contributed by atoms with van der Waals surface area (Å²) in [7, 11) is 0. The molecule has 1 N–H and O–H groups in total. The molecule has 1 aromatic heterocycles. The molecule has 0 aliphatic rings. The van der Waals surface area contributed by atoms with Gasteiger partial charge in [0.2, 0.25) is 0 Å². The number of hydrogen-bond acceptors (Lipinski definition) is 2. The van der Waals surface area contributed by atoms with E-state index in [1.807, 2.05) is 42.8 Å². The van der Waals surface area contributed by atoms with E-state index in [1.165, 1.54) is 0 Å². The molecule has 0 amide bonds. The summed E-state index contributed by atoms with van der Waals surface area (Å²) < 4.78 is 0. The molecular formula is C13H13ClOS. The molecule has 0 bridgehead atoms. The molecule has 16 heavy (non-hydrogen) atoms. The minimum atomic E-state index is -0.579. The number of benzene rings is 1. The fraction of sp³-hybridized carbons (Fsp3) is 0.231. The molecule has 0 saturated heterocycles. The summed E-state index contributed by atoms with van der Waals surface area (Å²) in [6.07, 6.45) is -0.579. The van der Waals surface area contributed by atoms with Crippen LogP contribution in [0.1, 0.15) is 28.4 Å². The zero-order chi connectivity index (χ0) is 11.7. The number of aliphatic hydroxyl groups is 1. The molecule has 1 atom stereocenters. The first-order valence-corrected chi connectivity index (χ1v) is 6.38. The quantitative estimate of drug-likeness (QED) is 0.853. The van der Waals surface area contributed by atoms with Crippen LogP contribution in [0.2, 0.25) is 5.02 Å². The number of aryl methyl sites for hydroxylation is 2. The largest absolute Gasteiger partial charge is 0.384 e. The topological polar surface area (TPSA) is 20.2 Å². The van der Waals surface area contributed by atoms with Crippen LogP contribution in [0.5, 0.6) is 0 Å². The Bertz CT molecular complexity index is 504. The summed E-state index contributed by atoms with van der Waals surface area (Å²) in [5, 5.41) is 14.9. The number of thiophene rings is 1. The molecule has 1 nitrogen and oxygen atoms in total. The molecule has 1 unspecified atom stereocenters. The van der Waals surface area contributed by atoms with Crippen LogP contribution in [0.15, 0.2) is 29.0 Å². The molecule has 0 radical (unpaired) electrons. The van der Waals surface area contributed by atoms with E-state index < -0.39 is 6.10 Å². The van der Waals surface area contributed by atoms with Gasteiger partial charge in [0.05, 0.1) is 0 Å². The normalized spacial score (nSPS) is 12.8. The van der Waals surface area contributed by atoms with E-state index >= 15 is 0 Å². The zero-order valence-corrected chi connectivity index (χ0v) is 10.8. The van der Waals surface area contributed by atoms with E-state index in [4.69, 9.17) is 11.6 Å².